The summed E-state index contributed by atoms with van der Waals surface area (Å²) in [6, 6.07) is 11.9. The Kier molecular flexibility index (Phi) is 8.55. The Morgan fingerprint density at radius 2 is 1.63 bits per heavy atom. The number of pyridine rings is 1. The standard InChI is InChI=1S/C27H22Cl2F3N5O4/c1-14(2)22-20(37(35-34-22)23-17(28)5-4-6-18(23)29)13-41-21-12-11-19(24(33-21)27(30,31)32)36(3)25(38)15-7-9-16(10-8-15)26(39)40/h4-12,14H,13H2,1-3H3,(H,39,40). The van der Waals surface area contributed by atoms with Gasteiger partial charge in [-0.05, 0) is 48.4 Å². The predicted molar refractivity (Wildman–Crippen MR) is 145 cm³/mol. The summed E-state index contributed by atoms with van der Waals surface area (Å²) in [7, 11) is 1.16. The van der Waals surface area contributed by atoms with Crippen molar-refractivity contribution in [2.24, 2.45) is 0 Å². The monoisotopic (exact) mass is 607 g/mol. The van der Waals surface area contributed by atoms with Crippen LogP contribution in [0.3, 0.4) is 0 Å². The lowest BCUT2D eigenvalue weighted by atomic mass is 10.1. The first-order chi connectivity index (χ1) is 19.3. The zero-order chi connectivity index (χ0) is 30.1. The molecular formula is C27H22Cl2F3N5O4. The molecule has 2 aromatic carbocycles. The fourth-order valence-electron chi connectivity index (χ4n) is 3.96. The number of rotatable bonds is 8. The van der Waals surface area contributed by atoms with Gasteiger partial charge in [0.15, 0.2) is 5.69 Å². The first kappa shape index (κ1) is 29.8. The summed E-state index contributed by atoms with van der Waals surface area (Å²) >= 11 is 12.7. The number of benzene rings is 2. The number of hydrogen-bond acceptors (Lipinski definition) is 6. The molecule has 4 rings (SSSR count). The van der Waals surface area contributed by atoms with Gasteiger partial charge in [-0.25, -0.2) is 14.5 Å². The molecule has 14 heteroatoms. The average Bonchev–Trinajstić information content (AvgIpc) is 3.34. The number of para-hydroxylation sites is 1. The highest BCUT2D eigenvalue weighted by Crippen LogP contribution is 2.37. The second kappa shape index (κ2) is 11.8. The van der Waals surface area contributed by atoms with Crippen LogP contribution in [0.4, 0.5) is 18.9 Å². The Hall–Kier alpha value is -4.16. The van der Waals surface area contributed by atoms with Gasteiger partial charge >= 0.3 is 12.1 Å². The molecule has 2 heterocycles. The number of amides is 1. The molecule has 0 bridgehead atoms. The minimum Gasteiger partial charge on any atom is -0.478 e. The average molecular weight is 608 g/mol. The van der Waals surface area contributed by atoms with Crippen LogP contribution in [0.1, 0.15) is 57.6 Å². The van der Waals surface area contributed by atoms with Gasteiger partial charge in [-0.15, -0.1) is 5.10 Å². The summed E-state index contributed by atoms with van der Waals surface area (Å²) in [5.74, 6) is -2.48. The number of carboxylic acid groups (broad SMARTS) is 1. The van der Waals surface area contributed by atoms with Crippen molar-refractivity contribution < 1.29 is 32.6 Å². The minimum absolute atomic E-state index is 0.00818. The fraction of sp³-hybridized carbons (Fsp3) is 0.222. The van der Waals surface area contributed by atoms with Crippen molar-refractivity contribution in [2.75, 3.05) is 11.9 Å². The third kappa shape index (κ3) is 6.28. The molecule has 0 atom stereocenters. The van der Waals surface area contributed by atoms with E-state index in [2.05, 4.69) is 15.3 Å². The van der Waals surface area contributed by atoms with Crippen LogP contribution in [-0.2, 0) is 12.8 Å². The van der Waals surface area contributed by atoms with Gasteiger partial charge in [0.2, 0.25) is 5.88 Å². The molecule has 1 N–H and O–H groups in total. The topological polar surface area (TPSA) is 110 Å². The van der Waals surface area contributed by atoms with E-state index in [1.807, 2.05) is 13.8 Å². The van der Waals surface area contributed by atoms with Gasteiger partial charge < -0.3 is 14.7 Å². The molecule has 1 amide bonds. The van der Waals surface area contributed by atoms with Crippen molar-refractivity contribution in [3.8, 4) is 11.6 Å². The van der Waals surface area contributed by atoms with Crippen molar-refractivity contribution in [1.82, 2.24) is 20.0 Å². The number of aromatic nitrogens is 4. The summed E-state index contributed by atoms with van der Waals surface area (Å²) in [4.78, 5) is 28.4. The highest BCUT2D eigenvalue weighted by molar-refractivity contribution is 6.37. The molecule has 214 valence electrons. The number of carbonyl (C=O) groups is 2. The van der Waals surface area contributed by atoms with Crippen LogP contribution in [0, 0.1) is 0 Å². The Morgan fingerprint density at radius 1 is 1.02 bits per heavy atom. The number of halogens is 5. The molecule has 0 radical (unpaired) electrons. The lowest BCUT2D eigenvalue weighted by Gasteiger charge is -2.22. The Morgan fingerprint density at radius 3 is 2.20 bits per heavy atom. The zero-order valence-corrected chi connectivity index (χ0v) is 23.3. The summed E-state index contributed by atoms with van der Waals surface area (Å²) in [5, 5.41) is 17.9. The molecule has 0 aliphatic carbocycles. The smallest absolute Gasteiger partial charge is 0.435 e. The number of carboxylic acids is 1. The van der Waals surface area contributed by atoms with E-state index in [9.17, 15) is 22.8 Å². The molecule has 0 fully saturated rings. The minimum atomic E-state index is -4.94. The number of aromatic carboxylic acids is 1. The summed E-state index contributed by atoms with van der Waals surface area (Å²) in [5.41, 5.74) is -0.681. The molecule has 0 aliphatic heterocycles. The lowest BCUT2D eigenvalue weighted by molar-refractivity contribution is -0.140. The van der Waals surface area contributed by atoms with Crippen LogP contribution in [-0.4, -0.2) is 44.0 Å². The molecule has 0 unspecified atom stereocenters. The maximum absolute atomic E-state index is 14.1. The largest absolute Gasteiger partial charge is 0.478 e. The molecule has 9 nitrogen and oxygen atoms in total. The molecule has 41 heavy (non-hydrogen) atoms. The van der Waals surface area contributed by atoms with Gasteiger partial charge in [0.25, 0.3) is 5.91 Å². The third-order valence-electron chi connectivity index (χ3n) is 6.01. The summed E-state index contributed by atoms with van der Waals surface area (Å²) in [6.07, 6.45) is -4.94. The van der Waals surface area contributed by atoms with E-state index in [4.69, 9.17) is 33.0 Å². The van der Waals surface area contributed by atoms with E-state index < -0.39 is 29.4 Å². The van der Waals surface area contributed by atoms with E-state index in [-0.39, 0.29) is 39.6 Å². The molecule has 2 aromatic heterocycles. The van der Waals surface area contributed by atoms with Crippen molar-refractivity contribution in [1.29, 1.82) is 0 Å². The van der Waals surface area contributed by atoms with Crippen molar-refractivity contribution in [3.05, 3.63) is 92.9 Å². The lowest BCUT2D eigenvalue weighted by Crippen LogP contribution is -2.29. The van der Waals surface area contributed by atoms with Gasteiger partial charge in [-0.1, -0.05) is 48.3 Å². The van der Waals surface area contributed by atoms with Crippen molar-refractivity contribution in [2.45, 2.75) is 32.5 Å². The zero-order valence-electron chi connectivity index (χ0n) is 21.8. The Balaban J connectivity index is 1.65. The molecule has 0 saturated heterocycles. The van der Waals surface area contributed by atoms with Crippen LogP contribution in [0.25, 0.3) is 5.69 Å². The number of hydrogen-bond donors (Lipinski definition) is 1. The molecular weight excluding hydrogens is 586 g/mol. The van der Waals surface area contributed by atoms with Crippen LogP contribution in [0.5, 0.6) is 5.88 Å². The van der Waals surface area contributed by atoms with Crippen LogP contribution < -0.4 is 9.64 Å². The van der Waals surface area contributed by atoms with E-state index in [1.54, 1.807) is 18.2 Å². The van der Waals surface area contributed by atoms with Crippen molar-refractivity contribution in [3.63, 3.8) is 0 Å². The van der Waals surface area contributed by atoms with Crippen LogP contribution in [0.15, 0.2) is 54.6 Å². The SMILES string of the molecule is CC(C)c1nnn(-c2c(Cl)cccc2Cl)c1COc1ccc(N(C)C(=O)c2ccc(C(=O)O)cc2)c(C(F)(F)F)n1. The number of carbonyl (C=O) groups excluding carboxylic acids is 1. The number of alkyl halides is 3. The van der Waals surface area contributed by atoms with E-state index in [0.717, 1.165) is 18.0 Å². The molecule has 0 spiro atoms. The van der Waals surface area contributed by atoms with Gasteiger partial charge in [0, 0.05) is 18.7 Å². The number of nitrogens with zero attached hydrogens (tertiary/aromatic N) is 5. The normalized spacial score (nSPS) is 11.5. The summed E-state index contributed by atoms with van der Waals surface area (Å²) < 4.78 is 49.3. The van der Waals surface area contributed by atoms with E-state index in [0.29, 0.717) is 17.1 Å². The highest BCUT2D eigenvalue weighted by atomic mass is 35.5. The van der Waals surface area contributed by atoms with Gasteiger partial charge in [0.05, 0.1) is 27.0 Å². The first-order valence-electron chi connectivity index (χ1n) is 12.0. The molecule has 4 aromatic rings. The maximum atomic E-state index is 14.1. The van der Waals surface area contributed by atoms with Gasteiger partial charge in [-0.2, -0.15) is 13.2 Å². The Labute approximate surface area is 242 Å². The second-order valence-corrected chi connectivity index (χ2v) is 9.92. The maximum Gasteiger partial charge on any atom is 0.435 e. The van der Waals surface area contributed by atoms with Gasteiger partial charge in [-0.3, -0.25) is 4.79 Å². The summed E-state index contributed by atoms with van der Waals surface area (Å²) in [6.45, 7) is 3.46. The number of anilines is 1. The molecule has 0 saturated carbocycles. The Bertz CT molecular complexity index is 1590. The highest BCUT2D eigenvalue weighted by Gasteiger charge is 2.38. The quantitative estimate of drug-likeness (QED) is 0.238. The number of ether oxygens (including phenoxy) is 1. The van der Waals surface area contributed by atoms with Crippen LogP contribution in [0.2, 0.25) is 10.0 Å². The second-order valence-electron chi connectivity index (χ2n) is 9.11. The third-order valence-corrected chi connectivity index (χ3v) is 6.62. The van der Waals surface area contributed by atoms with E-state index >= 15 is 0 Å². The van der Waals surface area contributed by atoms with Gasteiger partial charge in [0.1, 0.15) is 18.0 Å². The first-order valence-corrected chi connectivity index (χ1v) is 12.8. The fourth-order valence-corrected chi connectivity index (χ4v) is 4.52. The van der Waals surface area contributed by atoms with Crippen molar-refractivity contribution >= 4 is 40.8 Å². The van der Waals surface area contributed by atoms with E-state index in [1.165, 1.54) is 35.0 Å². The predicted octanol–water partition coefficient (Wildman–Crippen LogP) is 6.67. The molecule has 0 aliphatic rings. The van der Waals surface area contributed by atoms with Crippen LogP contribution >= 0.6 is 23.2 Å².